The van der Waals surface area contributed by atoms with Crippen LogP contribution in [-0.2, 0) is 4.79 Å². The molecule has 1 fully saturated rings. The van der Waals surface area contributed by atoms with Crippen LogP contribution in [0, 0.1) is 5.92 Å². The van der Waals surface area contributed by atoms with Crippen molar-refractivity contribution in [3.05, 3.63) is 23.8 Å². The van der Waals surface area contributed by atoms with Gasteiger partial charge in [-0.1, -0.05) is 6.07 Å². The molecule has 2 heterocycles. The molecule has 0 bridgehead atoms. The number of carbonyl (C=O) groups excluding carboxylic acids is 1. The zero-order valence-corrected chi connectivity index (χ0v) is 9.40. The molecule has 1 unspecified atom stereocenters. The third-order valence-corrected chi connectivity index (χ3v) is 3.34. The fourth-order valence-electron chi connectivity index (χ4n) is 2.15. The largest absolute Gasteiger partial charge is 0.482 e. The molecule has 4 N–H and O–H groups in total. The average molecular weight is 233 g/mol. The van der Waals surface area contributed by atoms with Crippen molar-refractivity contribution >= 4 is 11.6 Å². The number of hydrogen-bond donors (Lipinski definition) is 3. The average Bonchev–Trinajstić information content (AvgIpc) is 2.25. The van der Waals surface area contributed by atoms with Crippen LogP contribution in [0.15, 0.2) is 18.2 Å². The Kier molecular flexibility index (Phi) is 2.49. The first-order chi connectivity index (χ1) is 8.24. The van der Waals surface area contributed by atoms with Gasteiger partial charge in [0.25, 0.3) is 5.91 Å². The zero-order valence-electron chi connectivity index (χ0n) is 9.40. The van der Waals surface area contributed by atoms with Crippen molar-refractivity contribution in [1.29, 1.82) is 0 Å². The second-order valence-corrected chi connectivity index (χ2v) is 4.54. The standard InChI is InChI=1S/C12H15N3O2/c13-12(8-4-14-5-8)7-1-2-10-9(3-7)15-11(16)6-17-10/h1-3,8,12,14H,4-6,13H2,(H,15,16). The van der Waals surface area contributed by atoms with Crippen LogP contribution >= 0.6 is 0 Å². The van der Waals surface area contributed by atoms with Crippen molar-refractivity contribution in [2.45, 2.75) is 6.04 Å². The number of amides is 1. The Morgan fingerprint density at radius 2 is 2.24 bits per heavy atom. The van der Waals surface area contributed by atoms with E-state index in [9.17, 15) is 4.79 Å². The summed E-state index contributed by atoms with van der Waals surface area (Å²) in [6.07, 6.45) is 0. The van der Waals surface area contributed by atoms with Gasteiger partial charge in [0.15, 0.2) is 6.61 Å². The van der Waals surface area contributed by atoms with Crippen molar-refractivity contribution in [1.82, 2.24) is 5.32 Å². The number of fused-ring (bicyclic) bond motifs is 1. The number of rotatable bonds is 2. The van der Waals surface area contributed by atoms with Crippen LogP contribution in [0.4, 0.5) is 5.69 Å². The fraction of sp³-hybridized carbons (Fsp3) is 0.417. The summed E-state index contributed by atoms with van der Waals surface area (Å²) in [6, 6.07) is 5.77. The van der Waals surface area contributed by atoms with Crippen molar-refractivity contribution in [2.75, 3.05) is 25.0 Å². The predicted octanol–water partition coefficient (Wildman–Crippen LogP) is 0.237. The van der Waals surface area contributed by atoms with Crippen molar-refractivity contribution in [3.8, 4) is 5.75 Å². The van der Waals surface area contributed by atoms with E-state index in [0.717, 1.165) is 24.3 Å². The minimum Gasteiger partial charge on any atom is -0.482 e. The fourth-order valence-corrected chi connectivity index (χ4v) is 2.15. The highest BCUT2D eigenvalue weighted by molar-refractivity contribution is 5.95. The van der Waals surface area contributed by atoms with Gasteiger partial charge in [0.05, 0.1) is 5.69 Å². The summed E-state index contributed by atoms with van der Waals surface area (Å²) in [5.74, 6) is 1.08. The lowest BCUT2D eigenvalue weighted by Gasteiger charge is -2.33. The van der Waals surface area contributed by atoms with Gasteiger partial charge in [-0.05, 0) is 17.7 Å². The molecule has 1 amide bonds. The molecule has 90 valence electrons. The van der Waals surface area contributed by atoms with Crippen molar-refractivity contribution in [2.24, 2.45) is 11.7 Å². The Morgan fingerprint density at radius 3 is 2.94 bits per heavy atom. The first-order valence-electron chi connectivity index (χ1n) is 5.77. The lowest BCUT2D eigenvalue weighted by atomic mass is 9.89. The summed E-state index contributed by atoms with van der Waals surface area (Å²) in [5, 5.41) is 6.00. The molecule has 0 spiro atoms. The van der Waals surface area contributed by atoms with Gasteiger partial charge >= 0.3 is 0 Å². The molecule has 1 aromatic carbocycles. The van der Waals surface area contributed by atoms with Crippen LogP contribution in [0.1, 0.15) is 11.6 Å². The quantitative estimate of drug-likeness (QED) is 0.683. The molecule has 0 radical (unpaired) electrons. The van der Waals surface area contributed by atoms with Crippen molar-refractivity contribution < 1.29 is 9.53 Å². The number of ether oxygens (including phenoxy) is 1. The van der Waals surface area contributed by atoms with Crippen LogP contribution in [0.25, 0.3) is 0 Å². The number of nitrogens with two attached hydrogens (primary N) is 1. The minimum absolute atomic E-state index is 0.0142. The van der Waals surface area contributed by atoms with Crippen LogP contribution < -0.4 is 21.1 Å². The van der Waals surface area contributed by atoms with Gasteiger partial charge in [-0.3, -0.25) is 4.79 Å². The molecule has 2 aliphatic rings. The first-order valence-corrected chi connectivity index (χ1v) is 5.77. The van der Waals surface area contributed by atoms with Crippen LogP contribution in [0.2, 0.25) is 0 Å². The monoisotopic (exact) mass is 233 g/mol. The minimum atomic E-state index is -0.117. The molecular formula is C12H15N3O2. The summed E-state index contributed by atoms with van der Waals surface area (Å²) >= 11 is 0. The summed E-state index contributed by atoms with van der Waals surface area (Å²) in [6.45, 7) is 2.01. The maximum Gasteiger partial charge on any atom is 0.262 e. The Hall–Kier alpha value is -1.59. The van der Waals surface area contributed by atoms with Crippen LogP contribution in [-0.4, -0.2) is 25.6 Å². The van der Waals surface area contributed by atoms with E-state index in [-0.39, 0.29) is 18.6 Å². The van der Waals surface area contributed by atoms with E-state index in [4.69, 9.17) is 10.5 Å². The smallest absolute Gasteiger partial charge is 0.262 e. The molecule has 0 aliphatic carbocycles. The summed E-state index contributed by atoms with van der Waals surface area (Å²) in [5.41, 5.74) is 7.94. The molecule has 5 heteroatoms. The van der Waals surface area contributed by atoms with Gasteiger partial charge in [0.2, 0.25) is 0 Å². The van der Waals surface area contributed by atoms with E-state index in [1.165, 1.54) is 0 Å². The number of carbonyl (C=O) groups is 1. The predicted molar refractivity (Wildman–Crippen MR) is 63.9 cm³/mol. The van der Waals surface area contributed by atoms with E-state index in [1.807, 2.05) is 18.2 Å². The number of nitrogens with one attached hydrogen (secondary N) is 2. The van der Waals surface area contributed by atoms with E-state index < -0.39 is 0 Å². The van der Waals surface area contributed by atoms with Gasteiger partial charge in [-0.25, -0.2) is 0 Å². The molecule has 1 atom stereocenters. The number of benzene rings is 1. The second-order valence-electron chi connectivity index (χ2n) is 4.54. The van der Waals surface area contributed by atoms with Gasteiger partial charge in [0.1, 0.15) is 5.75 Å². The zero-order chi connectivity index (χ0) is 11.8. The maximum absolute atomic E-state index is 11.2. The number of hydrogen-bond acceptors (Lipinski definition) is 4. The van der Waals surface area contributed by atoms with E-state index in [1.54, 1.807) is 0 Å². The lowest BCUT2D eigenvalue weighted by Crippen LogP contribution is -2.47. The normalized spacial score (nSPS) is 20.9. The highest BCUT2D eigenvalue weighted by Crippen LogP contribution is 2.32. The maximum atomic E-state index is 11.2. The molecule has 0 saturated carbocycles. The third-order valence-electron chi connectivity index (χ3n) is 3.34. The molecule has 5 nitrogen and oxygen atoms in total. The second kappa shape index (κ2) is 4.01. The summed E-state index contributed by atoms with van der Waals surface area (Å²) in [4.78, 5) is 11.2. The Labute approximate surface area is 99.3 Å². The topological polar surface area (TPSA) is 76.4 Å². The number of anilines is 1. The summed E-state index contributed by atoms with van der Waals surface area (Å²) in [7, 11) is 0. The molecule has 2 aliphatic heterocycles. The van der Waals surface area contributed by atoms with Gasteiger partial charge < -0.3 is 21.1 Å². The van der Waals surface area contributed by atoms with Gasteiger partial charge in [0, 0.05) is 25.0 Å². The Balaban J connectivity index is 1.86. The lowest BCUT2D eigenvalue weighted by molar-refractivity contribution is -0.118. The molecule has 1 saturated heterocycles. The van der Waals surface area contributed by atoms with Gasteiger partial charge in [-0.2, -0.15) is 0 Å². The third kappa shape index (κ3) is 1.87. The summed E-state index contributed by atoms with van der Waals surface area (Å²) < 4.78 is 5.31. The molecule has 0 aromatic heterocycles. The van der Waals surface area contributed by atoms with E-state index >= 15 is 0 Å². The Morgan fingerprint density at radius 1 is 1.41 bits per heavy atom. The first kappa shape index (κ1) is 10.6. The van der Waals surface area contributed by atoms with Gasteiger partial charge in [-0.15, -0.1) is 0 Å². The highest BCUT2D eigenvalue weighted by atomic mass is 16.5. The molecule has 3 rings (SSSR count). The van der Waals surface area contributed by atoms with Crippen molar-refractivity contribution in [3.63, 3.8) is 0 Å². The highest BCUT2D eigenvalue weighted by Gasteiger charge is 2.26. The van der Waals surface area contributed by atoms with Crippen LogP contribution in [0.3, 0.4) is 0 Å². The molecule has 1 aromatic rings. The van der Waals surface area contributed by atoms with Crippen LogP contribution in [0.5, 0.6) is 5.75 Å². The SMILES string of the molecule is NC(c1ccc2c(c1)NC(=O)CO2)C1CNC1. The van der Waals surface area contributed by atoms with E-state index in [2.05, 4.69) is 10.6 Å². The van der Waals surface area contributed by atoms with E-state index in [0.29, 0.717) is 11.7 Å². The Bertz CT molecular complexity index is 457. The molecule has 17 heavy (non-hydrogen) atoms. The molecular weight excluding hydrogens is 218 g/mol.